The molecule has 0 bridgehead atoms. The average Bonchev–Trinajstić information content (AvgIpc) is 3.34. The maximum Gasteiger partial charge on any atom is 0.402 e. The van der Waals surface area contributed by atoms with E-state index in [0.29, 0.717) is 10.6 Å². The van der Waals surface area contributed by atoms with Crippen molar-refractivity contribution in [1.82, 2.24) is 9.29 Å². The molecule has 16 heteroatoms. The molecule has 3 rings (SSSR count). The summed E-state index contributed by atoms with van der Waals surface area (Å²) in [5, 5.41) is 8.47. The number of thiophene rings is 1. The fourth-order valence-corrected chi connectivity index (χ4v) is 5.75. The van der Waals surface area contributed by atoms with Gasteiger partial charge in [0.2, 0.25) is 0 Å². The second kappa shape index (κ2) is 9.65. The van der Waals surface area contributed by atoms with E-state index in [-0.39, 0.29) is 22.2 Å². The zero-order valence-corrected chi connectivity index (χ0v) is 19.6. The lowest BCUT2D eigenvalue weighted by atomic mass is 10.0. The van der Waals surface area contributed by atoms with E-state index >= 15 is 0 Å². The molecular weight excluding hydrogens is 527 g/mol. The van der Waals surface area contributed by atoms with E-state index in [4.69, 9.17) is 5.14 Å². The van der Waals surface area contributed by atoms with Crippen LogP contribution in [0, 0.1) is 0 Å². The van der Waals surface area contributed by atoms with Gasteiger partial charge < -0.3 is 4.18 Å². The molecule has 0 aliphatic heterocycles. The third kappa shape index (κ3) is 7.46. The Morgan fingerprint density at radius 1 is 1.12 bits per heavy atom. The van der Waals surface area contributed by atoms with Crippen molar-refractivity contribution in [2.24, 2.45) is 5.14 Å². The number of nitrogens with zero attached hydrogens (tertiary/aromatic N) is 2. The van der Waals surface area contributed by atoms with Crippen molar-refractivity contribution in [2.75, 3.05) is 6.54 Å². The number of alkyl halides is 3. The molecule has 2 aromatic heterocycles. The highest BCUT2D eigenvalue weighted by Gasteiger charge is 2.41. The van der Waals surface area contributed by atoms with Crippen LogP contribution in [0.4, 0.5) is 13.2 Å². The van der Waals surface area contributed by atoms with Crippen LogP contribution in [0.2, 0.25) is 0 Å². The molecule has 0 aliphatic rings. The van der Waals surface area contributed by atoms with Crippen LogP contribution >= 0.6 is 22.7 Å². The van der Waals surface area contributed by atoms with E-state index in [1.165, 1.54) is 41.0 Å². The summed E-state index contributed by atoms with van der Waals surface area (Å²) in [7, 11) is -9.56. The van der Waals surface area contributed by atoms with Crippen molar-refractivity contribution in [1.29, 1.82) is 0 Å². The Morgan fingerprint density at radius 3 is 2.30 bits per heavy atom. The summed E-state index contributed by atoms with van der Waals surface area (Å²) in [4.78, 5) is 5.04. The molecule has 0 saturated heterocycles. The Bertz CT molecular complexity index is 1290. The highest BCUT2D eigenvalue weighted by Crippen LogP contribution is 2.35. The lowest BCUT2D eigenvalue weighted by Crippen LogP contribution is -2.42. The minimum atomic E-state index is -5.28. The van der Waals surface area contributed by atoms with Gasteiger partial charge >= 0.3 is 26.8 Å². The van der Waals surface area contributed by atoms with E-state index in [9.17, 15) is 34.6 Å². The molecule has 3 aromatic rings. The Morgan fingerprint density at radius 2 is 1.79 bits per heavy atom. The molecule has 0 fully saturated rings. The summed E-state index contributed by atoms with van der Waals surface area (Å²) in [6.07, 6.45) is -5.24. The molecule has 9 nitrogen and oxygen atoms in total. The standard InChI is InChI=1S/C17H16F3N3O6S4/c18-17(19,20)10-23(33(26,27)28)14(13-9-31-16(22-13)15-2-1-7-30-15)8-11-3-5-12(6-4-11)29-32(21,24)25/h1-7,9,14H,8,10H2,(H2,21,24,25)(H,26,27,28). The molecule has 0 spiro atoms. The summed E-state index contributed by atoms with van der Waals surface area (Å²) in [6.45, 7) is -1.94. The lowest BCUT2D eigenvalue weighted by molar-refractivity contribution is -0.140. The fraction of sp³-hybridized carbons (Fsp3) is 0.235. The quantitative estimate of drug-likeness (QED) is 0.394. The van der Waals surface area contributed by atoms with Crippen LogP contribution in [0.3, 0.4) is 0 Å². The summed E-state index contributed by atoms with van der Waals surface area (Å²) in [5.41, 5.74) is 0.332. The van der Waals surface area contributed by atoms with Crippen LogP contribution in [0.25, 0.3) is 9.88 Å². The first-order valence-electron chi connectivity index (χ1n) is 8.83. The van der Waals surface area contributed by atoms with E-state index in [0.717, 1.165) is 16.2 Å². The van der Waals surface area contributed by atoms with Gasteiger partial charge in [0, 0.05) is 5.38 Å². The molecule has 0 radical (unpaired) electrons. The molecule has 3 N–H and O–H groups in total. The van der Waals surface area contributed by atoms with Crippen molar-refractivity contribution in [3.8, 4) is 15.6 Å². The molecule has 33 heavy (non-hydrogen) atoms. The van der Waals surface area contributed by atoms with Gasteiger partial charge in [-0.1, -0.05) is 18.2 Å². The van der Waals surface area contributed by atoms with Crippen LogP contribution in [-0.4, -0.2) is 43.4 Å². The normalized spacial score (nSPS) is 13.9. The highest BCUT2D eigenvalue weighted by molar-refractivity contribution is 7.84. The van der Waals surface area contributed by atoms with Gasteiger partial charge in [-0.05, 0) is 35.6 Å². The van der Waals surface area contributed by atoms with E-state index in [1.54, 1.807) is 17.5 Å². The average molecular weight is 544 g/mol. The summed E-state index contributed by atoms with van der Waals surface area (Å²) < 4.78 is 99.4. The van der Waals surface area contributed by atoms with Gasteiger partial charge in [-0.3, -0.25) is 4.55 Å². The van der Waals surface area contributed by atoms with Crippen LogP contribution in [0.15, 0.2) is 47.2 Å². The Hall–Kier alpha value is -2.08. The Balaban J connectivity index is 1.99. The summed E-state index contributed by atoms with van der Waals surface area (Å²) in [6, 6.07) is 7.08. The van der Waals surface area contributed by atoms with Crippen molar-refractivity contribution < 1.29 is 38.7 Å². The predicted octanol–water partition coefficient (Wildman–Crippen LogP) is 3.40. The van der Waals surface area contributed by atoms with Crippen LogP contribution in [0.5, 0.6) is 5.75 Å². The fourth-order valence-electron chi connectivity index (χ4n) is 2.87. The first kappa shape index (κ1) is 25.5. The summed E-state index contributed by atoms with van der Waals surface area (Å²) in [5.74, 6) is -0.145. The first-order chi connectivity index (χ1) is 15.2. The number of rotatable bonds is 9. The molecule has 1 unspecified atom stereocenters. The third-order valence-corrected chi connectivity index (χ3v) is 7.44. The number of nitrogens with two attached hydrogens (primary N) is 1. The molecular formula is C17H16F3N3O6S4. The van der Waals surface area contributed by atoms with Crippen LogP contribution < -0.4 is 9.32 Å². The monoisotopic (exact) mass is 543 g/mol. The van der Waals surface area contributed by atoms with Crippen molar-refractivity contribution in [3.05, 3.63) is 58.4 Å². The van der Waals surface area contributed by atoms with E-state index in [1.807, 2.05) is 0 Å². The second-order valence-corrected chi connectivity index (χ2v) is 11.0. The van der Waals surface area contributed by atoms with Gasteiger partial charge in [0.25, 0.3) is 0 Å². The minimum absolute atomic E-state index is 0.00939. The van der Waals surface area contributed by atoms with Crippen LogP contribution in [-0.2, 0) is 27.0 Å². The largest absolute Gasteiger partial charge is 0.402 e. The Kier molecular flexibility index (Phi) is 7.47. The van der Waals surface area contributed by atoms with Crippen molar-refractivity contribution in [3.63, 3.8) is 0 Å². The van der Waals surface area contributed by atoms with E-state index < -0.39 is 39.4 Å². The molecule has 0 aliphatic carbocycles. The zero-order chi connectivity index (χ0) is 24.4. The molecule has 2 heterocycles. The number of thiazole rings is 1. The molecule has 1 atom stereocenters. The van der Waals surface area contributed by atoms with Crippen molar-refractivity contribution >= 4 is 43.3 Å². The molecule has 0 amide bonds. The predicted molar refractivity (Wildman–Crippen MR) is 116 cm³/mol. The van der Waals surface area contributed by atoms with Gasteiger partial charge in [-0.2, -0.15) is 39.5 Å². The molecule has 180 valence electrons. The van der Waals surface area contributed by atoms with Gasteiger partial charge in [0.05, 0.1) is 16.6 Å². The minimum Gasteiger partial charge on any atom is -0.371 e. The Labute approximate surface area is 195 Å². The smallest absolute Gasteiger partial charge is 0.371 e. The third-order valence-electron chi connectivity index (χ3n) is 4.14. The number of halogens is 3. The van der Waals surface area contributed by atoms with Crippen LogP contribution in [0.1, 0.15) is 17.3 Å². The summed E-state index contributed by atoms with van der Waals surface area (Å²) >= 11 is 2.46. The second-order valence-electron chi connectivity index (χ2n) is 6.63. The SMILES string of the molecule is NS(=O)(=O)Oc1ccc(CC(c2csc(-c3cccs3)n2)N(CC(F)(F)F)S(=O)(=O)O)cc1. The topological polar surface area (TPSA) is 140 Å². The van der Waals surface area contributed by atoms with Gasteiger partial charge in [-0.25, -0.2) is 4.98 Å². The number of aromatic nitrogens is 1. The number of hydrogen-bond donors (Lipinski definition) is 2. The van der Waals surface area contributed by atoms with E-state index in [2.05, 4.69) is 9.17 Å². The maximum atomic E-state index is 13.2. The molecule has 1 aromatic carbocycles. The number of hydrogen-bond acceptors (Lipinski definition) is 8. The highest BCUT2D eigenvalue weighted by atomic mass is 32.2. The first-order valence-corrected chi connectivity index (χ1v) is 13.5. The van der Waals surface area contributed by atoms with Crippen molar-refractivity contribution in [2.45, 2.75) is 18.6 Å². The zero-order valence-electron chi connectivity index (χ0n) is 16.3. The maximum absolute atomic E-state index is 13.2. The lowest BCUT2D eigenvalue weighted by Gasteiger charge is -2.28. The van der Waals surface area contributed by atoms with Gasteiger partial charge in [0.15, 0.2) is 0 Å². The van der Waals surface area contributed by atoms with Gasteiger partial charge in [-0.15, -0.1) is 22.7 Å². The number of benzene rings is 1. The van der Waals surface area contributed by atoms with Gasteiger partial charge in [0.1, 0.15) is 17.3 Å². The molecule has 0 saturated carbocycles.